The van der Waals surface area contributed by atoms with Crippen molar-refractivity contribution in [1.82, 2.24) is 10.2 Å². The van der Waals surface area contributed by atoms with Gasteiger partial charge in [0.15, 0.2) is 0 Å². The average Bonchev–Trinajstić information content (AvgIpc) is 2.21. The van der Waals surface area contributed by atoms with Crippen LogP contribution in [-0.4, -0.2) is 43.2 Å². The van der Waals surface area contributed by atoms with E-state index in [9.17, 15) is 4.79 Å². The standard InChI is InChI=1S/C10H24N4O/c1-3-9(13-10(12)15)8-14(4-2)7-5-6-11/h9H,3-8,11H2,1-2H3,(H3,12,13,15). The Morgan fingerprint density at radius 2 is 2.13 bits per heavy atom. The van der Waals surface area contributed by atoms with Crippen molar-refractivity contribution in [1.29, 1.82) is 0 Å². The number of carbonyl (C=O) groups is 1. The Hall–Kier alpha value is -0.810. The second-order valence-corrected chi connectivity index (χ2v) is 3.65. The Balaban J connectivity index is 3.93. The van der Waals surface area contributed by atoms with Crippen molar-refractivity contribution in [2.45, 2.75) is 32.7 Å². The highest BCUT2D eigenvalue weighted by Crippen LogP contribution is 1.97. The van der Waals surface area contributed by atoms with Crippen LogP contribution in [0.5, 0.6) is 0 Å². The first-order chi connectivity index (χ1) is 7.13. The minimum Gasteiger partial charge on any atom is -0.352 e. The average molecular weight is 216 g/mol. The fraction of sp³-hybridized carbons (Fsp3) is 0.900. The summed E-state index contributed by atoms with van der Waals surface area (Å²) < 4.78 is 0. The summed E-state index contributed by atoms with van der Waals surface area (Å²) in [6.45, 7) is 7.64. The first-order valence-electron chi connectivity index (χ1n) is 5.62. The normalized spacial score (nSPS) is 12.8. The number of nitrogens with zero attached hydrogens (tertiary/aromatic N) is 1. The number of hydrogen-bond donors (Lipinski definition) is 3. The zero-order valence-electron chi connectivity index (χ0n) is 9.83. The highest BCUT2D eigenvalue weighted by Gasteiger charge is 2.11. The van der Waals surface area contributed by atoms with Crippen LogP contribution in [0.2, 0.25) is 0 Å². The monoisotopic (exact) mass is 216 g/mol. The van der Waals surface area contributed by atoms with Gasteiger partial charge in [0.2, 0.25) is 0 Å². The number of likely N-dealkylation sites (N-methyl/N-ethyl adjacent to an activating group) is 1. The smallest absolute Gasteiger partial charge is 0.312 e. The molecule has 0 aliphatic carbocycles. The molecule has 0 aliphatic rings. The topological polar surface area (TPSA) is 84.4 Å². The number of nitrogens with one attached hydrogen (secondary N) is 1. The first-order valence-corrected chi connectivity index (χ1v) is 5.62. The molecule has 0 aromatic heterocycles. The van der Waals surface area contributed by atoms with Crippen molar-refractivity contribution in [2.75, 3.05) is 26.2 Å². The van der Waals surface area contributed by atoms with Gasteiger partial charge in [-0.05, 0) is 32.5 Å². The van der Waals surface area contributed by atoms with Crippen LogP contribution in [0.15, 0.2) is 0 Å². The molecule has 1 atom stereocenters. The lowest BCUT2D eigenvalue weighted by atomic mass is 10.2. The predicted molar refractivity (Wildman–Crippen MR) is 62.6 cm³/mol. The van der Waals surface area contributed by atoms with Gasteiger partial charge in [-0.1, -0.05) is 13.8 Å². The maximum Gasteiger partial charge on any atom is 0.312 e. The van der Waals surface area contributed by atoms with Crippen LogP contribution in [0, 0.1) is 0 Å². The summed E-state index contributed by atoms with van der Waals surface area (Å²) in [5, 5.41) is 2.74. The van der Waals surface area contributed by atoms with Gasteiger partial charge >= 0.3 is 6.03 Å². The van der Waals surface area contributed by atoms with Crippen LogP contribution >= 0.6 is 0 Å². The maximum absolute atomic E-state index is 10.7. The predicted octanol–water partition coefficient (Wildman–Crippen LogP) is 0.104. The molecule has 15 heavy (non-hydrogen) atoms. The molecule has 5 heteroatoms. The Morgan fingerprint density at radius 1 is 1.47 bits per heavy atom. The molecule has 5 N–H and O–H groups in total. The van der Waals surface area contributed by atoms with E-state index in [0.29, 0.717) is 6.54 Å². The summed E-state index contributed by atoms with van der Waals surface area (Å²) >= 11 is 0. The molecule has 0 radical (unpaired) electrons. The molecule has 0 saturated heterocycles. The highest BCUT2D eigenvalue weighted by molar-refractivity contribution is 5.71. The fourth-order valence-corrected chi connectivity index (χ4v) is 1.48. The number of primary amides is 1. The second-order valence-electron chi connectivity index (χ2n) is 3.65. The van der Waals surface area contributed by atoms with Crippen LogP contribution < -0.4 is 16.8 Å². The molecule has 0 aliphatic heterocycles. The van der Waals surface area contributed by atoms with E-state index in [1.165, 1.54) is 0 Å². The number of amides is 2. The molecule has 0 aromatic rings. The third kappa shape index (κ3) is 7.16. The summed E-state index contributed by atoms with van der Waals surface area (Å²) in [4.78, 5) is 13.0. The van der Waals surface area contributed by atoms with Crippen LogP contribution in [0.1, 0.15) is 26.7 Å². The van der Waals surface area contributed by atoms with E-state index in [-0.39, 0.29) is 6.04 Å². The summed E-state index contributed by atoms with van der Waals surface area (Å²) in [6, 6.07) is -0.308. The van der Waals surface area contributed by atoms with E-state index < -0.39 is 6.03 Å². The molecule has 0 aromatic carbocycles. The van der Waals surface area contributed by atoms with E-state index in [0.717, 1.165) is 32.5 Å². The van der Waals surface area contributed by atoms with Crippen LogP contribution in [0.25, 0.3) is 0 Å². The van der Waals surface area contributed by atoms with Crippen molar-refractivity contribution in [3.05, 3.63) is 0 Å². The van der Waals surface area contributed by atoms with Crippen LogP contribution in [0.4, 0.5) is 4.79 Å². The lowest BCUT2D eigenvalue weighted by Gasteiger charge is -2.25. The van der Waals surface area contributed by atoms with Gasteiger partial charge in [-0.2, -0.15) is 0 Å². The molecule has 0 spiro atoms. The van der Waals surface area contributed by atoms with Gasteiger partial charge in [-0.3, -0.25) is 0 Å². The summed E-state index contributed by atoms with van der Waals surface area (Å²) in [5.74, 6) is 0. The Morgan fingerprint density at radius 3 is 2.53 bits per heavy atom. The van der Waals surface area contributed by atoms with Crippen molar-refractivity contribution < 1.29 is 4.79 Å². The quantitative estimate of drug-likeness (QED) is 0.538. The van der Waals surface area contributed by atoms with E-state index in [1.807, 2.05) is 6.92 Å². The molecule has 5 nitrogen and oxygen atoms in total. The molecule has 0 saturated carbocycles. The third-order valence-corrected chi connectivity index (χ3v) is 2.44. The van der Waals surface area contributed by atoms with E-state index in [4.69, 9.17) is 11.5 Å². The molecule has 0 rings (SSSR count). The summed E-state index contributed by atoms with van der Waals surface area (Å²) in [5.41, 5.74) is 10.6. The molecule has 90 valence electrons. The number of urea groups is 1. The minimum absolute atomic E-state index is 0.139. The van der Waals surface area contributed by atoms with Gasteiger partial charge in [0.1, 0.15) is 0 Å². The van der Waals surface area contributed by atoms with E-state index in [2.05, 4.69) is 17.1 Å². The molecular formula is C10H24N4O. The Bertz CT molecular complexity index is 175. The van der Waals surface area contributed by atoms with Gasteiger partial charge in [-0.25, -0.2) is 4.79 Å². The van der Waals surface area contributed by atoms with Gasteiger partial charge in [0.25, 0.3) is 0 Å². The van der Waals surface area contributed by atoms with Crippen LogP contribution in [-0.2, 0) is 0 Å². The molecule has 0 fully saturated rings. The van der Waals surface area contributed by atoms with Crippen molar-refractivity contribution >= 4 is 6.03 Å². The van der Waals surface area contributed by atoms with Gasteiger partial charge < -0.3 is 21.7 Å². The third-order valence-electron chi connectivity index (χ3n) is 2.44. The zero-order chi connectivity index (χ0) is 11.7. The number of carbonyl (C=O) groups excluding carboxylic acids is 1. The number of nitrogens with two attached hydrogens (primary N) is 2. The molecule has 0 bridgehead atoms. The largest absolute Gasteiger partial charge is 0.352 e. The second kappa shape index (κ2) is 8.49. The van der Waals surface area contributed by atoms with Crippen LogP contribution in [0.3, 0.4) is 0 Å². The summed E-state index contributed by atoms with van der Waals surface area (Å²) in [7, 11) is 0. The van der Waals surface area contributed by atoms with Crippen molar-refractivity contribution in [3.63, 3.8) is 0 Å². The Kier molecular flexibility index (Phi) is 8.04. The lowest BCUT2D eigenvalue weighted by Crippen LogP contribution is -2.45. The van der Waals surface area contributed by atoms with Gasteiger partial charge in [0, 0.05) is 12.6 Å². The molecule has 0 heterocycles. The molecule has 1 unspecified atom stereocenters. The Labute approximate surface area is 92.2 Å². The van der Waals surface area contributed by atoms with E-state index >= 15 is 0 Å². The minimum atomic E-state index is -0.447. The summed E-state index contributed by atoms with van der Waals surface area (Å²) in [6.07, 6.45) is 1.88. The van der Waals surface area contributed by atoms with Gasteiger partial charge in [-0.15, -0.1) is 0 Å². The molecule has 2 amide bonds. The first kappa shape index (κ1) is 14.2. The number of rotatable bonds is 8. The maximum atomic E-state index is 10.7. The number of hydrogen-bond acceptors (Lipinski definition) is 3. The van der Waals surface area contributed by atoms with Gasteiger partial charge in [0.05, 0.1) is 0 Å². The van der Waals surface area contributed by atoms with Crippen molar-refractivity contribution in [2.24, 2.45) is 11.5 Å². The SMILES string of the molecule is CCC(CN(CC)CCCN)NC(N)=O. The molecular weight excluding hydrogens is 192 g/mol. The fourth-order valence-electron chi connectivity index (χ4n) is 1.48. The highest BCUT2D eigenvalue weighted by atomic mass is 16.2. The van der Waals surface area contributed by atoms with E-state index in [1.54, 1.807) is 0 Å². The van der Waals surface area contributed by atoms with Crippen molar-refractivity contribution in [3.8, 4) is 0 Å². The lowest BCUT2D eigenvalue weighted by molar-refractivity contribution is 0.227. The zero-order valence-corrected chi connectivity index (χ0v) is 9.83.